The molecule has 9 nitrogen and oxygen atoms in total. The minimum atomic E-state index is -0.0393. The number of ether oxygens (including phenoxy) is 2. The Morgan fingerprint density at radius 1 is 1.19 bits per heavy atom. The van der Waals surface area contributed by atoms with E-state index >= 15 is 0 Å². The van der Waals surface area contributed by atoms with E-state index in [9.17, 15) is 4.79 Å². The number of methoxy groups -OCH3 is 1. The predicted octanol–water partition coefficient (Wildman–Crippen LogP) is 2.66. The van der Waals surface area contributed by atoms with E-state index < -0.39 is 0 Å². The molecule has 0 unspecified atom stereocenters. The van der Waals surface area contributed by atoms with Crippen LogP contribution in [0.4, 0.5) is 0 Å². The van der Waals surface area contributed by atoms with Crippen LogP contribution in [-0.4, -0.2) is 63.1 Å². The second kappa shape index (κ2) is 12.3. The van der Waals surface area contributed by atoms with Gasteiger partial charge in [-0.15, -0.1) is 15.3 Å². The standard InChI is InChI=1S/C22H30N6O3S/c1-4-27-15-18(21(26-27)31-5-2)20-24-25-22(28(20)13-14-30-3)32-16-19(29)23-12-11-17-9-7-6-8-10-17/h6-10,15H,4-5,11-14,16H2,1-3H3,(H,23,29). The zero-order chi connectivity index (χ0) is 22.8. The second-order valence-electron chi connectivity index (χ2n) is 6.96. The highest BCUT2D eigenvalue weighted by atomic mass is 32.2. The molecule has 0 fully saturated rings. The molecule has 0 saturated carbocycles. The molecule has 0 aliphatic carbocycles. The van der Waals surface area contributed by atoms with E-state index in [0.29, 0.717) is 43.2 Å². The number of aromatic nitrogens is 5. The monoisotopic (exact) mass is 458 g/mol. The molecular formula is C22H30N6O3S. The van der Waals surface area contributed by atoms with Crippen LogP contribution in [0.25, 0.3) is 11.4 Å². The molecular weight excluding hydrogens is 428 g/mol. The first-order valence-corrected chi connectivity index (χ1v) is 11.7. The van der Waals surface area contributed by atoms with Crippen molar-refractivity contribution < 1.29 is 14.3 Å². The number of benzene rings is 1. The largest absolute Gasteiger partial charge is 0.476 e. The molecule has 0 radical (unpaired) electrons. The Morgan fingerprint density at radius 3 is 2.72 bits per heavy atom. The number of nitrogens with one attached hydrogen (secondary N) is 1. The van der Waals surface area contributed by atoms with Crippen LogP contribution >= 0.6 is 11.8 Å². The first-order chi connectivity index (χ1) is 15.7. The van der Waals surface area contributed by atoms with E-state index in [4.69, 9.17) is 9.47 Å². The highest BCUT2D eigenvalue weighted by Gasteiger charge is 2.21. The van der Waals surface area contributed by atoms with Crippen molar-refractivity contribution >= 4 is 17.7 Å². The molecule has 1 N–H and O–H groups in total. The molecule has 32 heavy (non-hydrogen) atoms. The molecule has 0 aliphatic heterocycles. The molecule has 0 aliphatic rings. The van der Waals surface area contributed by atoms with Gasteiger partial charge < -0.3 is 14.8 Å². The molecule has 1 amide bonds. The highest BCUT2D eigenvalue weighted by Crippen LogP contribution is 2.30. The lowest BCUT2D eigenvalue weighted by atomic mass is 10.1. The van der Waals surface area contributed by atoms with E-state index in [0.717, 1.165) is 18.5 Å². The normalized spacial score (nSPS) is 11.0. The van der Waals surface area contributed by atoms with E-state index in [1.807, 2.05) is 47.5 Å². The average Bonchev–Trinajstić information content (AvgIpc) is 3.40. The van der Waals surface area contributed by atoms with E-state index in [2.05, 4.69) is 32.7 Å². The van der Waals surface area contributed by atoms with Gasteiger partial charge in [0, 0.05) is 26.4 Å². The molecule has 172 valence electrons. The lowest BCUT2D eigenvalue weighted by molar-refractivity contribution is -0.118. The molecule has 3 aromatic rings. The number of nitrogens with zero attached hydrogens (tertiary/aromatic N) is 5. The Morgan fingerprint density at radius 2 is 2.00 bits per heavy atom. The Bertz CT molecular complexity index is 989. The van der Waals surface area contributed by atoms with E-state index in [1.54, 1.807) is 7.11 Å². The first kappa shape index (κ1) is 23.8. The second-order valence-corrected chi connectivity index (χ2v) is 7.90. The molecule has 0 spiro atoms. The number of rotatable bonds is 13. The van der Waals surface area contributed by atoms with E-state index in [-0.39, 0.29) is 11.7 Å². The Kier molecular flexibility index (Phi) is 9.12. The quantitative estimate of drug-likeness (QED) is 0.393. The first-order valence-electron chi connectivity index (χ1n) is 10.7. The third-order valence-corrected chi connectivity index (χ3v) is 5.69. The van der Waals surface area contributed by atoms with Crippen LogP contribution < -0.4 is 10.1 Å². The molecule has 0 saturated heterocycles. The van der Waals surface area contributed by atoms with Crippen molar-refractivity contribution in [1.82, 2.24) is 29.9 Å². The molecule has 1 aromatic carbocycles. The SMILES string of the molecule is CCOc1nn(CC)cc1-c1nnc(SCC(=O)NCCc2ccccc2)n1CCOC. The fraction of sp³-hybridized carbons (Fsp3) is 0.455. The molecule has 10 heteroatoms. The molecule has 0 bridgehead atoms. The van der Waals surface area contributed by atoms with Gasteiger partial charge in [-0.25, -0.2) is 0 Å². The van der Waals surface area contributed by atoms with Crippen molar-refractivity contribution in [3.05, 3.63) is 42.1 Å². The third kappa shape index (κ3) is 6.33. The number of hydrogen-bond acceptors (Lipinski definition) is 7. The van der Waals surface area contributed by atoms with Crippen molar-refractivity contribution in [3.63, 3.8) is 0 Å². The summed E-state index contributed by atoms with van der Waals surface area (Å²) in [5, 5.41) is 16.8. The van der Waals surface area contributed by atoms with Gasteiger partial charge >= 0.3 is 0 Å². The maximum atomic E-state index is 12.3. The van der Waals surface area contributed by atoms with Crippen LogP contribution in [0.2, 0.25) is 0 Å². The van der Waals surface area contributed by atoms with Gasteiger partial charge in [-0.2, -0.15) is 0 Å². The topological polar surface area (TPSA) is 96.1 Å². The Balaban J connectivity index is 1.67. The smallest absolute Gasteiger partial charge is 0.243 e. The maximum absolute atomic E-state index is 12.3. The fourth-order valence-corrected chi connectivity index (χ4v) is 3.91. The molecule has 2 aromatic heterocycles. The van der Waals surface area contributed by atoms with Crippen LogP contribution in [0.5, 0.6) is 5.88 Å². The molecule has 0 atom stereocenters. The summed E-state index contributed by atoms with van der Waals surface area (Å²) < 4.78 is 14.7. The lowest BCUT2D eigenvalue weighted by Crippen LogP contribution is -2.27. The Labute approximate surface area is 192 Å². The summed E-state index contributed by atoms with van der Waals surface area (Å²) in [6, 6.07) is 10.1. The van der Waals surface area contributed by atoms with E-state index in [1.165, 1.54) is 17.3 Å². The van der Waals surface area contributed by atoms with Crippen molar-refractivity contribution in [2.24, 2.45) is 0 Å². The van der Waals surface area contributed by atoms with Crippen molar-refractivity contribution in [2.75, 3.05) is 32.6 Å². The molecule has 2 heterocycles. The van der Waals surface area contributed by atoms with Crippen molar-refractivity contribution in [2.45, 2.75) is 38.5 Å². The van der Waals surface area contributed by atoms with Gasteiger partial charge in [0.1, 0.15) is 5.56 Å². The lowest BCUT2D eigenvalue weighted by Gasteiger charge is -2.10. The van der Waals surface area contributed by atoms with Gasteiger partial charge in [-0.3, -0.25) is 14.0 Å². The van der Waals surface area contributed by atoms with Crippen molar-refractivity contribution in [3.8, 4) is 17.3 Å². The molecule has 3 rings (SSSR count). The van der Waals surface area contributed by atoms with Crippen LogP contribution in [0.3, 0.4) is 0 Å². The number of aryl methyl sites for hydroxylation is 1. The van der Waals surface area contributed by atoms with Gasteiger partial charge in [0.25, 0.3) is 0 Å². The van der Waals surface area contributed by atoms with Crippen LogP contribution in [0.15, 0.2) is 41.7 Å². The summed E-state index contributed by atoms with van der Waals surface area (Å²) >= 11 is 1.35. The van der Waals surface area contributed by atoms with Gasteiger partial charge in [0.15, 0.2) is 11.0 Å². The highest BCUT2D eigenvalue weighted by molar-refractivity contribution is 7.99. The number of carbonyl (C=O) groups excluding carboxylic acids is 1. The van der Waals surface area contributed by atoms with Gasteiger partial charge in [0.2, 0.25) is 11.8 Å². The number of carbonyl (C=O) groups is 1. The third-order valence-electron chi connectivity index (χ3n) is 4.72. The van der Waals surface area contributed by atoms with Crippen molar-refractivity contribution in [1.29, 1.82) is 0 Å². The summed E-state index contributed by atoms with van der Waals surface area (Å²) in [5.74, 6) is 1.39. The van der Waals surface area contributed by atoms with Gasteiger partial charge in [-0.1, -0.05) is 42.1 Å². The van der Waals surface area contributed by atoms with Gasteiger partial charge in [0.05, 0.1) is 25.5 Å². The predicted molar refractivity (Wildman–Crippen MR) is 124 cm³/mol. The minimum absolute atomic E-state index is 0.0393. The summed E-state index contributed by atoms with van der Waals surface area (Å²) in [5.41, 5.74) is 1.97. The average molecular weight is 459 g/mol. The van der Waals surface area contributed by atoms with Crippen LogP contribution in [-0.2, 0) is 29.0 Å². The minimum Gasteiger partial charge on any atom is -0.476 e. The fourth-order valence-electron chi connectivity index (χ4n) is 3.11. The number of thioether (sulfide) groups is 1. The maximum Gasteiger partial charge on any atom is 0.243 e. The van der Waals surface area contributed by atoms with Crippen LogP contribution in [0, 0.1) is 0 Å². The summed E-state index contributed by atoms with van der Waals surface area (Å²) in [6.07, 6.45) is 2.70. The zero-order valence-corrected chi connectivity index (χ0v) is 19.6. The Hall–Kier alpha value is -2.85. The number of amides is 1. The summed E-state index contributed by atoms with van der Waals surface area (Å²) in [7, 11) is 1.65. The zero-order valence-electron chi connectivity index (χ0n) is 18.8. The summed E-state index contributed by atoms with van der Waals surface area (Å²) in [6.45, 7) is 6.80. The summed E-state index contributed by atoms with van der Waals surface area (Å²) in [4.78, 5) is 12.3. The van der Waals surface area contributed by atoms with Crippen LogP contribution in [0.1, 0.15) is 19.4 Å². The number of hydrogen-bond donors (Lipinski definition) is 1. The van der Waals surface area contributed by atoms with Gasteiger partial charge in [-0.05, 0) is 25.8 Å².